The number of aromatic hydroxyl groups is 2. The number of hydrogen-bond donors (Lipinski definition) is 3. The van der Waals surface area contributed by atoms with Gasteiger partial charge in [0.05, 0.1) is 12.4 Å². The maximum atomic E-state index is 10.4. The molecule has 0 radical (unpaired) electrons. The molecule has 34 heavy (non-hydrogen) atoms. The van der Waals surface area contributed by atoms with Gasteiger partial charge >= 0.3 is 0 Å². The number of phenolic OH excluding ortho intramolecular Hbond substituents is 2. The minimum Gasteiger partial charge on any atom is -0.507 e. The fraction of sp³-hybridized carbons (Fsp3) is 0.333. The molecule has 1 aromatic heterocycles. The normalized spacial score (nSPS) is 11.4. The van der Waals surface area contributed by atoms with Gasteiger partial charge in [-0.25, -0.2) is 5.43 Å². The van der Waals surface area contributed by atoms with Crippen LogP contribution in [-0.4, -0.2) is 63.7 Å². The van der Waals surface area contributed by atoms with Gasteiger partial charge in [-0.05, 0) is 52.0 Å². The summed E-state index contributed by atoms with van der Waals surface area (Å²) in [6.07, 6.45) is 4.45. The molecule has 0 aliphatic heterocycles. The zero-order chi connectivity index (χ0) is 24.5. The Hall–Kier alpha value is -4.08. The van der Waals surface area contributed by atoms with Crippen molar-refractivity contribution >= 4 is 29.8 Å². The summed E-state index contributed by atoms with van der Waals surface area (Å²) in [6.45, 7) is 11.7. The first-order chi connectivity index (χ1) is 16.5. The SMILES string of the molecule is CCN(CC)c1ccc(/C=N\Nc2nncn2/N=C/c2ccc(N(CC)CC)cc2O)c(O)c1. The Balaban J connectivity index is 1.69. The highest BCUT2D eigenvalue weighted by Gasteiger charge is 2.08. The van der Waals surface area contributed by atoms with Gasteiger partial charge < -0.3 is 20.0 Å². The molecule has 0 unspecified atom stereocenters. The van der Waals surface area contributed by atoms with Crippen molar-refractivity contribution in [3.63, 3.8) is 0 Å². The first-order valence-corrected chi connectivity index (χ1v) is 11.4. The van der Waals surface area contributed by atoms with E-state index in [9.17, 15) is 10.2 Å². The van der Waals surface area contributed by atoms with Gasteiger partial charge in [0.2, 0.25) is 0 Å². The van der Waals surface area contributed by atoms with Gasteiger partial charge in [0.25, 0.3) is 5.95 Å². The topological polar surface area (TPSA) is 114 Å². The molecule has 10 heteroatoms. The van der Waals surface area contributed by atoms with E-state index in [1.54, 1.807) is 12.1 Å². The number of nitrogens with one attached hydrogen (secondary N) is 1. The predicted octanol–water partition coefficient (Wildman–Crippen LogP) is 3.71. The Morgan fingerprint density at radius 2 is 1.38 bits per heavy atom. The molecular weight excluding hydrogens is 432 g/mol. The average molecular weight is 465 g/mol. The molecule has 0 amide bonds. The van der Waals surface area contributed by atoms with Crippen LogP contribution in [0.5, 0.6) is 11.5 Å². The fourth-order valence-corrected chi connectivity index (χ4v) is 3.53. The number of anilines is 3. The van der Waals surface area contributed by atoms with Gasteiger partial charge in [-0.15, -0.1) is 10.2 Å². The van der Waals surface area contributed by atoms with Crippen molar-refractivity contribution in [3.05, 3.63) is 53.9 Å². The molecular formula is C24H32N8O2. The van der Waals surface area contributed by atoms with Crippen LogP contribution in [-0.2, 0) is 0 Å². The molecule has 2 aromatic carbocycles. The van der Waals surface area contributed by atoms with Crippen molar-refractivity contribution in [1.82, 2.24) is 14.9 Å². The largest absolute Gasteiger partial charge is 0.507 e. The molecule has 0 aliphatic rings. The average Bonchev–Trinajstić information content (AvgIpc) is 3.28. The van der Waals surface area contributed by atoms with Crippen LogP contribution in [0.2, 0.25) is 0 Å². The Labute approximate surface area is 199 Å². The van der Waals surface area contributed by atoms with Crippen LogP contribution in [0.1, 0.15) is 38.8 Å². The lowest BCUT2D eigenvalue weighted by atomic mass is 10.2. The number of nitrogens with zero attached hydrogens (tertiary/aromatic N) is 7. The van der Waals surface area contributed by atoms with Crippen LogP contribution in [0.3, 0.4) is 0 Å². The Morgan fingerprint density at radius 1 is 0.853 bits per heavy atom. The van der Waals surface area contributed by atoms with Crippen LogP contribution in [0.4, 0.5) is 17.3 Å². The number of hydrogen-bond acceptors (Lipinski definition) is 9. The van der Waals surface area contributed by atoms with Crippen molar-refractivity contribution in [2.45, 2.75) is 27.7 Å². The number of rotatable bonds is 11. The Bertz CT molecular complexity index is 1130. The van der Waals surface area contributed by atoms with Crippen molar-refractivity contribution in [2.75, 3.05) is 41.4 Å². The summed E-state index contributed by atoms with van der Waals surface area (Å²) in [4.78, 5) is 4.30. The van der Waals surface area contributed by atoms with E-state index in [-0.39, 0.29) is 17.4 Å². The minimum atomic E-state index is 0.136. The van der Waals surface area contributed by atoms with E-state index in [0.29, 0.717) is 11.1 Å². The molecule has 0 saturated carbocycles. The smallest absolute Gasteiger partial charge is 0.265 e. The molecule has 0 aliphatic carbocycles. The van der Waals surface area contributed by atoms with Gasteiger partial charge in [-0.1, -0.05) is 0 Å². The summed E-state index contributed by atoms with van der Waals surface area (Å²) in [7, 11) is 0. The first-order valence-electron chi connectivity index (χ1n) is 11.4. The van der Waals surface area contributed by atoms with Crippen molar-refractivity contribution in [1.29, 1.82) is 0 Å². The highest BCUT2D eigenvalue weighted by molar-refractivity contribution is 5.85. The van der Waals surface area contributed by atoms with E-state index in [2.05, 4.69) is 63.3 Å². The second-order valence-electron chi connectivity index (χ2n) is 7.44. The maximum Gasteiger partial charge on any atom is 0.265 e. The van der Waals surface area contributed by atoms with Crippen LogP contribution in [0.15, 0.2) is 52.9 Å². The standard InChI is InChI=1S/C24H32N8O2/c1-5-30(6-2)20-11-9-18(22(33)13-20)15-25-28-24-29-26-17-32(24)27-16-19-10-12-21(14-23(19)34)31(7-3)8-4/h9-17,33-34H,5-8H2,1-4H3,(H,28,29)/b25-15-,27-16+. The minimum absolute atomic E-state index is 0.136. The predicted molar refractivity (Wildman–Crippen MR) is 138 cm³/mol. The molecule has 180 valence electrons. The Morgan fingerprint density at radius 3 is 1.88 bits per heavy atom. The van der Waals surface area contributed by atoms with Crippen molar-refractivity contribution < 1.29 is 10.2 Å². The number of benzene rings is 2. The highest BCUT2D eigenvalue weighted by Crippen LogP contribution is 2.24. The summed E-state index contributed by atoms with van der Waals surface area (Å²) in [6, 6.07) is 11.0. The van der Waals surface area contributed by atoms with Crippen LogP contribution >= 0.6 is 0 Å². The molecule has 10 nitrogen and oxygen atoms in total. The van der Waals surface area contributed by atoms with Crippen LogP contribution < -0.4 is 15.2 Å². The van der Waals surface area contributed by atoms with E-state index >= 15 is 0 Å². The van der Waals surface area contributed by atoms with Crippen LogP contribution in [0.25, 0.3) is 0 Å². The molecule has 3 rings (SSSR count). The third kappa shape index (κ3) is 5.83. The third-order valence-corrected chi connectivity index (χ3v) is 5.51. The molecule has 3 aromatic rings. The maximum absolute atomic E-state index is 10.4. The molecule has 0 saturated heterocycles. The second kappa shape index (κ2) is 11.7. The lowest BCUT2D eigenvalue weighted by molar-refractivity contribution is 0.474. The Kier molecular flexibility index (Phi) is 8.44. The zero-order valence-corrected chi connectivity index (χ0v) is 20.0. The monoisotopic (exact) mass is 464 g/mol. The highest BCUT2D eigenvalue weighted by atomic mass is 16.3. The number of phenols is 2. The molecule has 3 N–H and O–H groups in total. The lowest BCUT2D eigenvalue weighted by Crippen LogP contribution is -2.21. The lowest BCUT2D eigenvalue weighted by Gasteiger charge is -2.21. The van der Waals surface area contributed by atoms with Gasteiger partial charge in [0.1, 0.15) is 17.8 Å². The number of aromatic nitrogens is 3. The van der Waals surface area contributed by atoms with Gasteiger partial charge in [-0.3, -0.25) is 0 Å². The quantitative estimate of drug-likeness (QED) is 0.293. The third-order valence-electron chi connectivity index (χ3n) is 5.51. The first kappa shape index (κ1) is 24.6. The zero-order valence-electron chi connectivity index (χ0n) is 20.0. The van der Waals surface area contributed by atoms with E-state index < -0.39 is 0 Å². The number of hydrazone groups is 1. The second-order valence-corrected chi connectivity index (χ2v) is 7.44. The molecule has 0 spiro atoms. The van der Waals surface area contributed by atoms with Crippen molar-refractivity contribution in [2.24, 2.45) is 10.2 Å². The molecule has 0 bridgehead atoms. The summed E-state index contributed by atoms with van der Waals surface area (Å²) in [5.74, 6) is 0.557. The van der Waals surface area contributed by atoms with E-state index in [1.165, 1.54) is 23.4 Å². The van der Waals surface area contributed by atoms with Gasteiger partial charge in [-0.2, -0.15) is 14.9 Å². The van der Waals surface area contributed by atoms with Crippen molar-refractivity contribution in [3.8, 4) is 11.5 Å². The molecule has 0 atom stereocenters. The van der Waals surface area contributed by atoms with E-state index in [4.69, 9.17) is 0 Å². The van der Waals surface area contributed by atoms with Crippen LogP contribution in [0, 0.1) is 0 Å². The fourth-order valence-electron chi connectivity index (χ4n) is 3.53. The molecule has 0 fully saturated rings. The van der Waals surface area contributed by atoms with E-state index in [1.807, 2.05) is 24.3 Å². The summed E-state index contributed by atoms with van der Waals surface area (Å²) in [5.41, 5.74) is 5.81. The van der Waals surface area contributed by atoms with Gasteiger partial charge in [0, 0.05) is 60.8 Å². The summed E-state index contributed by atoms with van der Waals surface area (Å²) >= 11 is 0. The van der Waals surface area contributed by atoms with Gasteiger partial charge in [0.15, 0.2) is 0 Å². The van der Waals surface area contributed by atoms with E-state index in [0.717, 1.165) is 37.6 Å². The summed E-state index contributed by atoms with van der Waals surface area (Å²) in [5, 5.41) is 37.0. The molecule has 1 heterocycles. The summed E-state index contributed by atoms with van der Waals surface area (Å²) < 4.78 is 1.40.